The third-order valence-electron chi connectivity index (χ3n) is 2.84. The lowest BCUT2D eigenvalue weighted by molar-refractivity contribution is 0.790. The Morgan fingerprint density at radius 1 is 1.11 bits per heavy atom. The molecular formula is C15H16Cl2N2. The fraction of sp³-hybridized carbons (Fsp3) is 0.200. The van der Waals surface area contributed by atoms with E-state index in [1.807, 2.05) is 18.2 Å². The van der Waals surface area contributed by atoms with Crippen LogP contribution in [0.3, 0.4) is 0 Å². The zero-order chi connectivity index (χ0) is 13.8. The van der Waals surface area contributed by atoms with Crippen LogP contribution in [-0.4, -0.2) is 6.04 Å². The molecule has 0 aromatic heterocycles. The van der Waals surface area contributed by atoms with Crippen LogP contribution >= 0.6 is 23.2 Å². The van der Waals surface area contributed by atoms with Gasteiger partial charge in [0, 0.05) is 11.7 Å². The molecule has 0 heterocycles. The molecule has 19 heavy (non-hydrogen) atoms. The molecule has 0 fully saturated rings. The molecule has 0 spiro atoms. The summed E-state index contributed by atoms with van der Waals surface area (Å²) in [6, 6.07) is 13.9. The molecule has 4 heteroatoms. The van der Waals surface area contributed by atoms with Gasteiger partial charge in [0.05, 0.1) is 15.7 Å². The van der Waals surface area contributed by atoms with Gasteiger partial charge in [0.25, 0.3) is 0 Å². The summed E-state index contributed by atoms with van der Waals surface area (Å²) >= 11 is 12.3. The Morgan fingerprint density at radius 3 is 2.26 bits per heavy atom. The fourth-order valence-corrected chi connectivity index (χ4v) is 2.61. The number of anilines is 2. The van der Waals surface area contributed by atoms with Crippen LogP contribution in [0.5, 0.6) is 0 Å². The molecule has 0 saturated carbocycles. The van der Waals surface area contributed by atoms with Gasteiger partial charge in [-0.25, -0.2) is 0 Å². The number of rotatable bonds is 4. The maximum Gasteiger partial charge on any atom is 0.0722 e. The van der Waals surface area contributed by atoms with Crippen LogP contribution in [0, 0.1) is 0 Å². The third kappa shape index (κ3) is 3.79. The Morgan fingerprint density at radius 2 is 1.68 bits per heavy atom. The van der Waals surface area contributed by atoms with E-state index in [0.29, 0.717) is 15.7 Å². The third-order valence-corrected chi connectivity index (χ3v) is 3.44. The number of nitrogens with one attached hydrogen (secondary N) is 1. The lowest BCUT2D eigenvalue weighted by Crippen LogP contribution is -2.18. The first-order chi connectivity index (χ1) is 9.06. The van der Waals surface area contributed by atoms with Gasteiger partial charge in [-0.2, -0.15) is 0 Å². The maximum atomic E-state index is 6.15. The summed E-state index contributed by atoms with van der Waals surface area (Å²) in [6.07, 6.45) is 0.901. The Hall–Kier alpha value is -1.38. The summed E-state index contributed by atoms with van der Waals surface area (Å²) in [4.78, 5) is 0. The van der Waals surface area contributed by atoms with E-state index in [1.54, 1.807) is 12.1 Å². The highest BCUT2D eigenvalue weighted by molar-refractivity contribution is 6.39. The largest absolute Gasteiger partial charge is 0.399 e. The molecule has 2 rings (SSSR count). The Kier molecular flexibility index (Phi) is 4.56. The van der Waals surface area contributed by atoms with Crippen molar-refractivity contribution in [2.75, 3.05) is 11.1 Å². The van der Waals surface area contributed by atoms with Gasteiger partial charge in [-0.05, 0) is 31.0 Å². The molecule has 0 saturated heterocycles. The predicted molar refractivity (Wildman–Crippen MR) is 84.1 cm³/mol. The number of halogens is 2. The molecule has 0 aliphatic carbocycles. The molecule has 2 nitrogen and oxygen atoms in total. The fourth-order valence-electron chi connectivity index (χ4n) is 2.00. The summed E-state index contributed by atoms with van der Waals surface area (Å²) in [7, 11) is 0. The van der Waals surface area contributed by atoms with Gasteiger partial charge in [-0.3, -0.25) is 0 Å². The van der Waals surface area contributed by atoms with E-state index in [1.165, 1.54) is 5.56 Å². The van der Waals surface area contributed by atoms with Crippen LogP contribution in [0.1, 0.15) is 12.5 Å². The van der Waals surface area contributed by atoms with Crippen molar-refractivity contribution in [2.45, 2.75) is 19.4 Å². The molecule has 0 radical (unpaired) electrons. The molecule has 1 atom stereocenters. The molecule has 0 aliphatic rings. The molecule has 2 aromatic rings. The van der Waals surface area contributed by atoms with Crippen molar-refractivity contribution in [3.63, 3.8) is 0 Å². The first-order valence-electron chi connectivity index (χ1n) is 6.11. The summed E-state index contributed by atoms with van der Waals surface area (Å²) < 4.78 is 0. The molecule has 100 valence electrons. The average molecular weight is 295 g/mol. The SMILES string of the molecule is CC(Cc1ccccc1)Nc1c(Cl)cc(N)cc1Cl. The average Bonchev–Trinajstić information content (AvgIpc) is 2.35. The predicted octanol–water partition coefficient (Wildman–Crippen LogP) is 4.62. The minimum absolute atomic E-state index is 0.223. The van der Waals surface area contributed by atoms with E-state index in [4.69, 9.17) is 28.9 Å². The molecule has 3 N–H and O–H groups in total. The van der Waals surface area contributed by atoms with Gasteiger partial charge in [0.1, 0.15) is 0 Å². The summed E-state index contributed by atoms with van der Waals surface area (Å²) in [5, 5.41) is 4.43. The topological polar surface area (TPSA) is 38.0 Å². The number of hydrogen-bond acceptors (Lipinski definition) is 2. The number of nitrogen functional groups attached to an aromatic ring is 1. The van der Waals surface area contributed by atoms with E-state index < -0.39 is 0 Å². The van der Waals surface area contributed by atoms with Crippen molar-refractivity contribution in [1.29, 1.82) is 0 Å². The Balaban J connectivity index is 2.09. The van der Waals surface area contributed by atoms with Crippen LogP contribution in [0.25, 0.3) is 0 Å². The van der Waals surface area contributed by atoms with E-state index in [9.17, 15) is 0 Å². The van der Waals surface area contributed by atoms with Crippen LogP contribution < -0.4 is 11.1 Å². The molecule has 0 aliphatic heterocycles. The van der Waals surface area contributed by atoms with Crippen molar-refractivity contribution in [3.8, 4) is 0 Å². The van der Waals surface area contributed by atoms with E-state index in [-0.39, 0.29) is 6.04 Å². The zero-order valence-electron chi connectivity index (χ0n) is 10.7. The number of nitrogens with two attached hydrogens (primary N) is 1. The molecular weight excluding hydrogens is 279 g/mol. The van der Waals surface area contributed by atoms with Gasteiger partial charge >= 0.3 is 0 Å². The van der Waals surface area contributed by atoms with Gasteiger partial charge < -0.3 is 11.1 Å². The second kappa shape index (κ2) is 6.18. The highest BCUT2D eigenvalue weighted by Crippen LogP contribution is 2.33. The van der Waals surface area contributed by atoms with Gasteiger partial charge in [0.15, 0.2) is 0 Å². The second-order valence-corrected chi connectivity index (χ2v) is 5.41. The molecule has 0 amide bonds. The summed E-state index contributed by atoms with van der Waals surface area (Å²) in [5.74, 6) is 0. The highest BCUT2D eigenvalue weighted by atomic mass is 35.5. The smallest absolute Gasteiger partial charge is 0.0722 e. The van der Waals surface area contributed by atoms with Crippen LogP contribution in [-0.2, 0) is 6.42 Å². The monoisotopic (exact) mass is 294 g/mol. The van der Waals surface area contributed by atoms with Crippen molar-refractivity contribution in [2.24, 2.45) is 0 Å². The van der Waals surface area contributed by atoms with E-state index in [0.717, 1.165) is 12.1 Å². The van der Waals surface area contributed by atoms with E-state index >= 15 is 0 Å². The minimum Gasteiger partial charge on any atom is -0.399 e. The van der Waals surface area contributed by atoms with E-state index in [2.05, 4.69) is 24.4 Å². The lowest BCUT2D eigenvalue weighted by atomic mass is 10.1. The van der Waals surface area contributed by atoms with Crippen LogP contribution in [0.15, 0.2) is 42.5 Å². The van der Waals surface area contributed by atoms with Crippen LogP contribution in [0.2, 0.25) is 10.0 Å². The normalized spacial score (nSPS) is 12.2. The molecule has 1 unspecified atom stereocenters. The quantitative estimate of drug-likeness (QED) is 0.808. The van der Waals surface area contributed by atoms with Crippen molar-refractivity contribution >= 4 is 34.6 Å². The summed E-state index contributed by atoms with van der Waals surface area (Å²) in [5.41, 5.74) is 8.26. The van der Waals surface area contributed by atoms with Crippen molar-refractivity contribution in [1.82, 2.24) is 0 Å². The van der Waals surface area contributed by atoms with Gasteiger partial charge in [-0.15, -0.1) is 0 Å². The Labute approximate surface area is 123 Å². The number of hydrogen-bond donors (Lipinski definition) is 2. The van der Waals surface area contributed by atoms with Crippen LogP contribution in [0.4, 0.5) is 11.4 Å². The Bertz CT molecular complexity index is 532. The van der Waals surface area contributed by atoms with Crippen molar-refractivity contribution < 1.29 is 0 Å². The molecule has 0 bridgehead atoms. The van der Waals surface area contributed by atoms with Gasteiger partial charge in [0.2, 0.25) is 0 Å². The lowest BCUT2D eigenvalue weighted by Gasteiger charge is -2.18. The first-order valence-corrected chi connectivity index (χ1v) is 6.87. The summed E-state index contributed by atoms with van der Waals surface area (Å²) in [6.45, 7) is 2.09. The first kappa shape index (κ1) is 14.0. The zero-order valence-corrected chi connectivity index (χ0v) is 12.2. The second-order valence-electron chi connectivity index (χ2n) is 4.59. The van der Waals surface area contributed by atoms with Crippen molar-refractivity contribution in [3.05, 3.63) is 58.1 Å². The van der Waals surface area contributed by atoms with Gasteiger partial charge in [-0.1, -0.05) is 53.5 Å². The minimum atomic E-state index is 0.223. The molecule has 2 aromatic carbocycles. The number of benzene rings is 2. The maximum absolute atomic E-state index is 6.15. The standard InChI is InChI=1S/C15H16Cl2N2/c1-10(7-11-5-3-2-4-6-11)19-15-13(16)8-12(18)9-14(15)17/h2-6,8-10,19H,7,18H2,1H3. The highest BCUT2D eigenvalue weighted by Gasteiger charge is 2.10.